The first-order valence-electron chi connectivity index (χ1n) is 4.43. The summed E-state index contributed by atoms with van der Waals surface area (Å²) in [7, 11) is 0. The van der Waals surface area contributed by atoms with E-state index in [4.69, 9.17) is 9.47 Å². The lowest BCUT2D eigenvalue weighted by atomic mass is 10.2. The van der Waals surface area contributed by atoms with Crippen LogP contribution in [0.2, 0.25) is 0 Å². The molecule has 1 N–H and O–H groups in total. The van der Waals surface area contributed by atoms with Crippen molar-refractivity contribution in [1.82, 2.24) is 0 Å². The highest BCUT2D eigenvalue weighted by Gasteiger charge is 2.23. The standard InChI is InChI=1S/C10H11BrO3/c11-9-4-2-1-3-8(9)10-13-5-7(12)6-14-10/h1-4,7,10,12H,5-6H2. The molecule has 4 heteroatoms. The number of halogens is 1. The first-order chi connectivity index (χ1) is 6.77. The van der Waals surface area contributed by atoms with Crippen molar-refractivity contribution in [2.24, 2.45) is 0 Å². The van der Waals surface area contributed by atoms with E-state index in [0.717, 1.165) is 10.0 Å². The van der Waals surface area contributed by atoms with Gasteiger partial charge in [0.15, 0.2) is 6.29 Å². The Hall–Kier alpha value is -0.420. The van der Waals surface area contributed by atoms with Gasteiger partial charge >= 0.3 is 0 Å². The van der Waals surface area contributed by atoms with Crippen LogP contribution in [-0.4, -0.2) is 24.4 Å². The lowest BCUT2D eigenvalue weighted by molar-refractivity contribution is -0.220. The molecule has 0 aromatic heterocycles. The zero-order chi connectivity index (χ0) is 9.97. The quantitative estimate of drug-likeness (QED) is 0.836. The van der Waals surface area contributed by atoms with Crippen LogP contribution < -0.4 is 0 Å². The van der Waals surface area contributed by atoms with Gasteiger partial charge in [0.25, 0.3) is 0 Å². The highest BCUT2D eigenvalue weighted by Crippen LogP contribution is 2.28. The molecule has 1 aromatic rings. The van der Waals surface area contributed by atoms with Crippen LogP contribution in [0, 0.1) is 0 Å². The van der Waals surface area contributed by atoms with Gasteiger partial charge in [0, 0.05) is 10.0 Å². The van der Waals surface area contributed by atoms with E-state index in [-0.39, 0.29) is 6.29 Å². The van der Waals surface area contributed by atoms with E-state index < -0.39 is 6.10 Å². The molecule has 1 aromatic carbocycles. The fourth-order valence-corrected chi connectivity index (χ4v) is 1.81. The number of aliphatic hydroxyl groups is 1. The monoisotopic (exact) mass is 258 g/mol. The van der Waals surface area contributed by atoms with E-state index in [0.29, 0.717) is 13.2 Å². The van der Waals surface area contributed by atoms with Crippen molar-refractivity contribution < 1.29 is 14.6 Å². The lowest BCUT2D eigenvalue weighted by Gasteiger charge is -2.27. The van der Waals surface area contributed by atoms with Crippen molar-refractivity contribution >= 4 is 15.9 Å². The zero-order valence-corrected chi connectivity index (χ0v) is 9.11. The van der Waals surface area contributed by atoms with Gasteiger partial charge in [0.1, 0.15) is 6.10 Å². The molecule has 0 unspecified atom stereocenters. The molecule has 76 valence electrons. The number of ether oxygens (including phenoxy) is 2. The third-order valence-corrected chi connectivity index (χ3v) is 2.76. The molecule has 0 spiro atoms. The second-order valence-electron chi connectivity index (χ2n) is 3.17. The van der Waals surface area contributed by atoms with Gasteiger partial charge in [-0.15, -0.1) is 0 Å². The van der Waals surface area contributed by atoms with E-state index in [1.54, 1.807) is 0 Å². The summed E-state index contributed by atoms with van der Waals surface area (Å²) in [6.45, 7) is 0.651. The summed E-state index contributed by atoms with van der Waals surface area (Å²) in [5, 5.41) is 9.18. The smallest absolute Gasteiger partial charge is 0.185 e. The molecule has 0 aliphatic carbocycles. The van der Waals surface area contributed by atoms with E-state index in [1.807, 2.05) is 24.3 Å². The molecule has 3 nitrogen and oxygen atoms in total. The molecule has 0 saturated carbocycles. The first kappa shape index (κ1) is 10.1. The largest absolute Gasteiger partial charge is 0.388 e. The Bertz CT molecular complexity index is 308. The predicted octanol–water partition coefficient (Wildman–Crippen LogP) is 1.86. The van der Waals surface area contributed by atoms with Crippen molar-refractivity contribution in [2.75, 3.05) is 13.2 Å². The van der Waals surface area contributed by atoms with Crippen LogP contribution >= 0.6 is 15.9 Å². The molecule has 1 aliphatic heterocycles. The predicted molar refractivity (Wildman–Crippen MR) is 54.8 cm³/mol. The molecular formula is C10H11BrO3. The van der Waals surface area contributed by atoms with Gasteiger partial charge in [0.05, 0.1) is 13.2 Å². The summed E-state index contributed by atoms with van der Waals surface area (Å²) < 4.78 is 11.7. The number of rotatable bonds is 1. The highest BCUT2D eigenvalue weighted by molar-refractivity contribution is 9.10. The Morgan fingerprint density at radius 3 is 2.50 bits per heavy atom. The van der Waals surface area contributed by atoms with Gasteiger partial charge in [-0.05, 0) is 6.07 Å². The van der Waals surface area contributed by atoms with Crippen LogP contribution in [-0.2, 0) is 9.47 Å². The summed E-state index contributed by atoms with van der Waals surface area (Å²) in [6, 6.07) is 7.74. The van der Waals surface area contributed by atoms with Gasteiger partial charge in [-0.1, -0.05) is 34.1 Å². The molecular weight excluding hydrogens is 248 g/mol. The number of benzene rings is 1. The maximum atomic E-state index is 9.18. The Morgan fingerprint density at radius 1 is 1.21 bits per heavy atom. The fourth-order valence-electron chi connectivity index (χ4n) is 1.34. The average molecular weight is 259 g/mol. The number of hydrogen-bond donors (Lipinski definition) is 1. The molecule has 0 atom stereocenters. The summed E-state index contributed by atoms with van der Waals surface area (Å²) >= 11 is 3.42. The second kappa shape index (κ2) is 4.40. The molecule has 0 radical (unpaired) electrons. The van der Waals surface area contributed by atoms with Gasteiger partial charge in [-0.25, -0.2) is 0 Å². The maximum Gasteiger partial charge on any atom is 0.185 e. The SMILES string of the molecule is OC1COC(c2ccccc2Br)OC1. The molecule has 1 aliphatic rings. The van der Waals surface area contributed by atoms with Crippen molar-refractivity contribution in [3.05, 3.63) is 34.3 Å². The molecule has 2 rings (SSSR count). The Labute approximate surface area is 90.8 Å². The van der Waals surface area contributed by atoms with Crippen molar-refractivity contribution in [2.45, 2.75) is 12.4 Å². The van der Waals surface area contributed by atoms with E-state index in [9.17, 15) is 5.11 Å². The molecule has 14 heavy (non-hydrogen) atoms. The number of hydrogen-bond acceptors (Lipinski definition) is 3. The fraction of sp³-hybridized carbons (Fsp3) is 0.400. The highest BCUT2D eigenvalue weighted by atomic mass is 79.9. The number of aliphatic hydroxyl groups excluding tert-OH is 1. The Morgan fingerprint density at radius 2 is 1.86 bits per heavy atom. The van der Waals surface area contributed by atoms with E-state index in [2.05, 4.69) is 15.9 Å². The lowest BCUT2D eigenvalue weighted by Crippen LogP contribution is -2.31. The molecule has 0 bridgehead atoms. The first-order valence-corrected chi connectivity index (χ1v) is 5.22. The molecule has 1 heterocycles. The van der Waals surface area contributed by atoms with Crippen LogP contribution in [0.15, 0.2) is 28.7 Å². The third kappa shape index (κ3) is 2.15. The van der Waals surface area contributed by atoms with Crippen LogP contribution in [0.1, 0.15) is 11.9 Å². The average Bonchev–Trinajstić information content (AvgIpc) is 2.20. The topological polar surface area (TPSA) is 38.7 Å². The minimum absolute atomic E-state index is 0.325. The molecule has 0 amide bonds. The Balaban J connectivity index is 2.12. The minimum Gasteiger partial charge on any atom is -0.388 e. The second-order valence-corrected chi connectivity index (χ2v) is 4.03. The van der Waals surface area contributed by atoms with Gasteiger partial charge in [0.2, 0.25) is 0 Å². The van der Waals surface area contributed by atoms with E-state index >= 15 is 0 Å². The summed E-state index contributed by atoms with van der Waals surface area (Å²) in [5.41, 5.74) is 0.958. The van der Waals surface area contributed by atoms with Crippen LogP contribution in [0.5, 0.6) is 0 Å². The molecule has 1 fully saturated rings. The van der Waals surface area contributed by atoms with Crippen molar-refractivity contribution in [3.63, 3.8) is 0 Å². The van der Waals surface area contributed by atoms with Gasteiger partial charge in [-0.3, -0.25) is 0 Å². The maximum absolute atomic E-state index is 9.18. The van der Waals surface area contributed by atoms with Crippen LogP contribution in [0.4, 0.5) is 0 Å². The zero-order valence-electron chi connectivity index (χ0n) is 7.52. The summed E-state index contributed by atoms with van der Waals surface area (Å²) in [5.74, 6) is 0. The summed E-state index contributed by atoms with van der Waals surface area (Å²) in [6.07, 6.45) is -0.872. The van der Waals surface area contributed by atoms with Crippen LogP contribution in [0.3, 0.4) is 0 Å². The third-order valence-electron chi connectivity index (χ3n) is 2.04. The Kier molecular flexibility index (Phi) is 3.18. The van der Waals surface area contributed by atoms with Crippen molar-refractivity contribution in [3.8, 4) is 0 Å². The summed E-state index contributed by atoms with van der Waals surface area (Å²) in [4.78, 5) is 0. The minimum atomic E-state index is -0.506. The normalized spacial score (nSPS) is 27.6. The van der Waals surface area contributed by atoms with E-state index in [1.165, 1.54) is 0 Å². The van der Waals surface area contributed by atoms with Crippen molar-refractivity contribution in [1.29, 1.82) is 0 Å². The van der Waals surface area contributed by atoms with Gasteiger partial charge in [-0.2, -0.15) is 0 Å². The molecule has 1 saturated heterocycles. The van der Waals surface area contributed by atoms with Gasteiger partial charge < -0.3 is 14.6 Å². The van der Waals surface area contributed by atoms with Crippen LogP contribution in [0.25, 0.3) is 0 Å².